The molecule has 13 heavy (non-hydrogen) atoms. The average molecular weight is 204 g/mol. The van der Waals surface area contributed by atoms with Crippen molar-refractivity contribution in [2.45, 2.75) is 6.61 Å². The van der Waals surface area contributed by atoms with Crippen molar-refractivity contribution >= 4 is 10.4 Å². The van der Waals surface area contributed by atoms with E-state index in [1.807, 2.05) is 0 Å². The molecule has 5 nitrogen and oxygen atoms in total. The molecule has 0 saturated carbocycles. The Morgan fingerprint density at radius 1 is 1.38 bits per heavy atom. The van der Waals surface area contributed by atoms with E-state index in [-0.39, 0.29) is 12.4 Å². The molecule has 0 bridgehead atoms. The van der Waals surface area contributed by atoms with Gasteiger partial charge in [0, 0.05) is 0 Å². The number of hydrogen-bond acceptors (Lipinski definition) is 4. The van der Waals surface area contributed by atoms with Crippen molar-refractivity contribution in [2.75, 3.05) is 0 Å². The van der Waals surface area contributed by atoms with Crippen LogP contribution in [0.25, 0.3) is 0 Å². The zero-order valence-electron chi connectivity index (χ0n) is 6.54. The van der Waals surface area contributed by atoms with E-state index in [0.29, 0.717) is 5.56 Å². The quantitative estimate of drug-likeness (QED) is 0.694. The van der Waals surface area contributed by atoms with Gasteiger partial charge in [0.2, 0.25) is 0 Å². The Kier molecular flexibility index (Phi) is 2.86. The molecule has 0 aliphatic heterocycles. The monoisotopic (exact) mass is 204 g/mol. The normalized spacial score (nSPS) is 11.2. The molecule has 1 aromatic carbocycles. The minimum atomic E-state index is -4.48. The Balaban J connectivity index is 2.90. The van der Waals surface area contributed by atoms with Gasteiger partial charge in [-0.3, -0.25) is 4.55 Å². The van der Waals surface area contributed by atoms with E-state index < -0.39 is 10.4 Å². The highest BCUT2D eigenvalue weighted by Gasteiger charge is 2.06. The van der Waals surface area contributed by atoms with Gasteiger partial charge in [0.15, 0.2) is 0 Å². The van der Waals surface area contributed by atoms with E-state index >= 15 is 0 Å². The summed E-state index contributed by atoms with van der Waals surface area (Å²) in [6.45, 7) is -0.220. The average Bonchev–Trinajstić information content (AvgIpc) is 2.01. The van der Waals surface area contributed by atoms with E-state index in [0.717, 1.165) is 0 Å². The SMILES string of the molecule is O=S(=O)(O)Oc1cccc(CO)c1. The van der Waals surface area contributed by atoms with Gasteiger partial charge in [0.1, 0.15) is 5.75 Å². The van der Waals surface area contributed by atoms with Crippen molar-refractivity contribution in [3.8, 4) is 5.75 Å². The first-order chi connectivity index (χ1) is 6.01. The van der Waals surface area contributed by atoms with Crippen molar-refractivity contribution in [3.05, 3.63) is 29.8 Å². The lowest BCUT2D eigenvalue weighted by atomic mass is 10.2. The fraction of sp³-hybridized carbons (Fsp3) is 0.143. The molecule has 1 rings (SSSR count). The van der Waals surface area contributed by atoms with Crippen LogP contribution in [0, 0.1) is 0 Å². The van der Waals surface area contributed by atoms with Crippen molar-refractivity contribution in [1.82, 2.24) is 0 Å². The molecule has 0 spiro atoms. The van der Waals surface area contributed by atoms with Crippen LogP contribution in [0.2, 0.25) is 0 Å². The first-order valence-electron chi connectivity index (χ1n) is 3.38. The van der Waals surface area contributed by atoms with E-state index in [9.17, 15) is 8.42 Å². The van der Waals surface area contributed by atoms with Gasteiger partial charge in [-0.2, -0.15) is 8.42 Å². The fourth-order valence-electron chi connectivity index (χ4n) is 0.817. The van der Waals surface area contributed by atoms with E-state index in [2.05, 4.69) is 4.18 Å². The van der Waals surface area contributed by atoms with Crippen LogP contribution in [-0.2, 0) is 17.0 Å². The van der Waals surface area contributed by atoms with E-state index in [4.69, 9.17) is 9.66 Å². The highest BCUT2D eigenvalue weighted by molar-refractivity contribution is 7.81. The van der Waals surface area contributed by atoms with Gasteiger partial charge in [-0.15, -0.1) is 0 Å². The summed E-state index contributed by atoms with van der Waals surface area (Å²) in [4.78, 5) is 0. The third kappa shape index (κ3) is 3.41. The molecule has 0 radical (unpaired) electrons. The predicted octanol–water partition coefficient (Wildman–Crippen LogP) is 0.361. The van der Waals surface area contributed by atoms with Crippen molar-refractivity contribution < 1.29 is 22.3 Å². The molecule has 2 N–H and O–H groups in total. The Bertz CT molecular complexity index is 384. The Morgan fingerprint density at radius 2 is 2.08 bits per heavy atom. The molecule has 0 aromatic heterocycles. The number of aliphatic hydroxyl groups is 1. The molecule has 0 atom stereocenters. The maximum absolute atomic E-state index is 10.3. The van der Waals surface area contributed by atoms with Crippen LogP contribution >= 0.6 is 0 Å². The summed E-state index contributed by atoms with van der Waals surface area (Å²) in [7, 11) is -4.48. The van der Waals surface area contributed by atoms with Crippen LogP contribution in [0.4, 0.5) is 0 Å². The number of benzene rings is 1. The van der Waals surface area contributed by atoms with Crippen LogP contribution in [0.1, 0.15) is 5.56 Å². The van der Waals surface area contributed by atoms with E-state index in [1.165, 1.54) is 18.2 Å². The summed E-state index contributed by atoms with van der Waals surface area (Å²) < 4.78 is 33.0. The van der Waals surface area contributed by atoms with E-state index in [1.54, 1.807) is 6.07 Å². The van der Waals surface area contributed by atoms with Crippen LogP contribution < -0.4 is 4.18 Å². The Morgan fingerprint density at radius 3 is 2.62 bits per heavy atom. The van der Waals surface area contributed by atoms with Crippen LogP contribution in [-0.4, -0.2) is 18.1 Å². The first-order valence-corrected chi connectivity index (χ1v) is 4.74. The molecule has 0 aliphatic carbocycles. The maximum Gasteiger partial charge on any atom is 0.446 e. The fourth-order valence-corrected chi connectivity index (χ4v) is 1.16. The standard InChI is InChI=1S/C7H8O5S/c8-5-6-2-1-3-7(4-6)12-13(9,10)11/h1-4,8H,5H2,(H,9,10,11). The summed E-state index contributed by atoms with van der Waals surface area (Å²) in [5.74, 6) is -0.0333. The Labute approximate surface area is 75.5 Å². The van der Waals surface area contributed by atoms with Crippen molar-refractivity contribution in [3.63, 3.8) is 0 Å². The lowest BCUT2D eigenvalue weighted by Gasteiger charge is -2.02. The van der Waals surface area contributed by atoms with Crippen LogP contribution in [0.15, 0.2) is 24.3 Å². The summed E-state index contributed by atoms with van der Waals surface area (Å²) in [5, 5.41) is 8.69. The number of aliphatic hydroxyl groups excluding tert-OH is 1. The van der Waals surface area contributed by atoms with Gasteiger partial charge >= 0.3 is 10.4 Å². The largest absolute Gasteiger partial charge is 0.446 e. The summed E-state index contributed by atoms with van der Waals surface area (Å²) in [6, 6.07) is 5.77. The third-order valence-electron chi connectivity index (χ3n) is 1.28. The molecule has 0 heterocycles. The van der Waals surface area contributed by atoms with Crippen molar-refractivity contribution in [2.24, 2.45) is 0 Å². The highest BCUT2D eigenvalue weighted by atomic mass is 32.3. The molecule has 0 amide bonds. The number of hydrogen-bond donors (Lipinski definition) is 2. The summed E-state index contributed by atoms with van der Waals surface area (Å²) in [5.41, 5.74) is 0.501. The van der Waals surface area contributed by atoms with Gasteiger partial charge < -0.3 is 9.29 Å². The van der Waals surface area contributed by atoms with Gasteiger partial charge in [-0.05, 0) is 17.7 Å². The first kappa shape index (κ1) is 9.97. The third-order valence-corrected chi connectivity index (χ3v) is 1.69. The molecule has 0 aliphatic rings. The molecular formula is C7H8O5S. The molecule has 0 unspecified atom stereocenters. The van der Waals surface area contributed by atoms with Crippen molar-refractivity contribution in [1.29, 1.82) is 0 Å². The van der Waals surface area contributed by atoms with Gasteiger partial charge in [0.05, 0.1) is 6.61 Å². The topological polar surface area (TPSA) is 83.8 Å². The minimum absolute atomic E-state index is 0.0333. The molecule has 6 heteroatoms. The second-order valence-corrected chi connectivity index (χ2v) is 3.34. The van der Waals surface area contributed by atoms with Crippen LogP contribution in [0.3, 0.4) is 0 Å². The lowest BCUT2D eigenvalue weighted by molar-refractivity contribution is 0.281. The van der Waals surface area contributed by atoms with Crippen LogP contribution in [0.5, 0.6) is 5.75 Å². The van der Waals surface area contributed by atoms with Gasteiger partial charge in [-0.1, -0.05) is 12.1 Å². The second kappa shape index (κ2) is 3.73. The number of rotatable bonds is 3. The minimum Gasteiger partial charge on any atom is -0.392 e. The van der Waals surface area contributed by atoms with Gasteiger partial charge in [0.25, 0.3) is 0 Å². The lowest BCUT2D eigenvalue weighted by Crippen LogP contribution is -2.06. The molecular weight excluding hydrogens is 196 g/mol. The maximum atomic E-state index is 10.3. The molecule has 0 fully saturated rings. The molecule has 1 aromatic rings. The zero-order valence-corrected chi connectivity index (χ0v) is 7.36. The van der Waals surface area contributed by atoms with Gasteiger partial charge in [-0.25, -0.2) is 0 Å². The molecule has 72 valence electrons. The zero-order chi connectivity index (χ0) is 9.90. The second-order valence-electron chi connectivity index (χ2n) is 2.32. The highest BCUT2D eigenvalue weighted by Crippen LogP contribution is 2.14. The summed E-state index contributed by atoms with van der Waals surface area (Å²) in [6.07, 6.45) is 0. The predicted molar refractivity (Wildman–Crippen MR) is 44.5 cm³/mol. The summed E-state index contributed by atoms with van der Waals surface area (Å²) >= 11 is 0. The molecule has 0 saturated heterocycles. The Hall–Kier alpha value is -1.11. The smallest absolute Gasteiger partial charge is 0.392 e.